The number of barbiturate groups is 1. The molecule has 1 fully saturated rings. The van der Waals surface area contributed by atoms with E-state index in [4.69, 9.17) is 21.1 Å². The quantitative estimate of drug-likeness (QED) is 0.529. The number of aliphatic carboxylic acids is 1. The molecule has 1 heterocycles. The third-order valence-corrected chi connectivity index (χ3v) is 4.57. The maximum Gasteiger partial charge on any atom is 0.335 e. The average Bonchev–Trinajstić information content (AvgIpc) is 2.71. The molecule has 0 aliphatic carbocycles. The number of hydrogen-bond donors (Lipinski definition) is 1. The van der Waals surface area contributed by atoms with Crippen LogP contribution in [0.4, 0.5) is 10.5 Å². The van der Waals surface area contributed by atoms with E-state index in [0.29, 0.717) is 11.3 Å². The standard InChI is InChI=1S/C21H17ClN2O7/c1-11-3-5-13(6-4-11)24-20(28)14(19(27)23-21(24)29)7-12-8-15(22)18(16(9-12)30-2)31-10-17(25)26/h3-9H,10H2,1-2H3,(H,25,26)(H,23,27,29)/p-1/b14-7+. The van der Waals surface area contributed by atoms with Crippen molar-refractivity contribution in [3.63, 3.8) is 0 Å². The first-order valence-electron chi connectivity index (χ1n) is 8.89. The van der Waals surface area contributed by atoms with E-state index in [1.807, 2.05) is 6.92 Å². The summed E-state index contributed by atoms with van der Waals surface area (Å²) in [7, 11) is 1.31. The minimum Gasteiger partial charge on any atom is -0.546 e. The van der Waals surface area contributed by atoms with Crippen LogP contribution < -0.4 is 24.8 Å². The Hall–Kier alpha value is -3.85. The Bertz CT molecular complexity index is 1110. The van der Waals surface area contributed by atoms with Gasteiger partial charge >= 0.3 is 6.03 Å². The second-order valence-corrected chi connectivity index (χ2v) is 6.90. The highest BCUT2D eigenvalue weighted by Gasteiger charge is 2.36. The Balaban J connectivity index is 1.99. The van der Waals surface area contributed by atoms with Crippen LogP contribution in [0.3, 0.4) is 0 Å². The van der Waals surface area contributed by atoms with Gasteiger partial charge in [-0.1, -0.05) is 29.3 Å². The van der Waals surface area contributed by atoms with Crippen LogP contribution in [0.15, 0.2) is 42.0 Å². The lowest BCUT2D eigenvalue weighted by Crippen LogP contribution is -2.54. The molecule has 1 aliphatic rings. The van der Waals surface area contributed by atoms with Crippen LogP contribution in [0, 0.1) is 6.92 Å². The number of nitrogens with zero attached hydrogens (tertiary/aromatic N) is 1. The first-order valence-corrected chi connectivity index (χ1v) is 9.27. The number of carbonyl (C=O) groups excluding carboxylic acids is 4. The fourth-order valence-corrected chi connectivity index (χ4v) is 3.12. The van der Waals surface area contributed by atoms with Crippen molar-refractivity contribution >= 4 is 47.2 Å². The number of nitrogens with one attached hydrogen (secondary N) is 1. The molecule has 1 N–H and O–H groups in total. The number of anilines is 1. The molecule has 1 aliphatic heterocycles. The fourth-order valence-electron chi connectivity index (χ4n) is 2.85. The second-order valence-electron chi connectivity index (χ2n) is 6.49. The number of carbonyl (C=O) groups is 4. The third-order valence-electron chi connectivity index (χ3n) is 4.29. The zero-order valence-corrected chi connectivity index (χ0v) is 17.2. The van der Waals surface area contributed by atoms with Crippen molar-refractivity contribution in [2.75, 3.05) is 18.6 Å². The minimum atomic E-state index is -1.45. The normalized spacial score (nSPS) is 15.1. The van der Waals surface area contributed by atoms with Crippen LogP contribution in [-0.2, 0) is 14.4 Å². The number of aryl methyl sites for hydroxylation is 1. The van der Waals surface area contributed by atoms with Gasteiger partial charge in [0.2, 0.25) is 0 Å². The van der Waals surface area contributed by atoms with Gasteiger partial charge in [0.25, 0.3) is 11.8 Å². The molecule has 1 saturated heterocycles. The SMILES string of the molecule is COc1cc(/C=C2\C(=O)NC(=O)N(c3ccc(C)cc3)C2=O)cc(Cl)c1OCC(=O)[O-]. The largest absolute Gasteiger partial charge is 0.546 e. The Morgan fingerprint density at radius 1 is 1.19 bits per heavy atom. The Morgan fingerprint density at radius 3 is 2.48 bits per heavy atom. The summed E-state index contributed by atoms with van der Waals surface area (Å²) >= 11 is 6.15. The van der Waals surface area contributed by atoms with Gasteiger partial charge in [-0.2, -0.15) is 0 Å². The van der Waals surface area contributed by atoms with E-state index in [-0.39, 0.29) is 22.1 Å². The van der Waals surface area contributed by atoms with E-state index >= 15 is 0 Å². The summed E-state index contributed by atoms with van der Waals surface area (Å²) in [6.07, 6.45) is 1.24. The summed E-state index contributed by atoms with van der Waals surface area (Å²) in [4.78, 5) is 49.0. The van der Waals surface area contributed by atoms with E-state index in [0.717, 1.165) is 10.5 Å². The van der Waals surface area contributed by atoms with E-state index in [1.54, 1.807) is 24.3 Å². The van der Waals surface area contributed by atoms with Gasteiger partial charge in [0, 0.05) is 0 Å². The maximum absolute atomic E-state index is 12.9. The predicted octanol–water partition coefficient (Wildman–Crippen LogP) is 1.45. The second kappa shape index (κ2) is 8.88. The van der Waals surface area contributed by atoms with Gasteiger partial charge in [0.1, 0.15) is 12.2 Å². The van der Waals surface area contributed by atoms with Gasteiger partial charge in [0.05, 0.1) is 23.8 Å². The lowest BCUT2D eigenvalue weighted by Gasteiger charge is -2.26. The number of carboxylic acid groups (broad SMARTS) is 1. The molecule has 31 heavy (non-hydrogen) atoms. The van der Waals surface area contributed by atoms with Crippen LogP contribution in [0.25, 0.3) is 6.08 Å². The molecular formula is C21H16ClN2O7-. The Morgan fingerprint density at radius 2 is 1.87 bits per heavy atom. The van der Waals surface area contributed by atoms with Crippen LogP contribution in [0.5, 0.6) is 11.5 Å². The Kier molecular flexibility index (Phi) is 6.26. The van der Waals surface area contributed by atoms with E-state index < -0.39 is 30.4 Å². The molecule has 0 radical (unpaired) electrons. The molecule has 9 nitrogen and oxygen atoms in total. The summed E-state index contributed by atoms with van der Waals surface area (Å²) in [5, 5.41) is 12.8. The van der Waals surface area contributed by atoms with Crippen LogP contribution >= 0.6 is 11.6 Å². The van der Waals surface area contributed by atoms with Crippen molar-refractivity contribution in [3.05, 3.63) is 58.1 Å². The third kappa shape index (κ3) is 4.67. The summed E-state index contributed by atoms with van der Waals surface area (Å²) in [5.74, 6) is -3.09. The van der Waals surface area contributed by atoms with E-state index in [9.17, 15) is 24.3 Å². The summed E-state index contributed by atoms with van der Waals surface area (Å²) < 4.78 is 10.2. The molecular weight excluding hydrogens is 428 g/mol. The molecule has 4 amide bonds. The van der Waals surface area contributed by atoms with Crippen molar-refractivity contribution in [1.29, 1.82) is 0 Å². The first kappa shape index (κ1) is 21.8. The number of urea groups is 1. The maximum atomic E-state index is 12.9. The van der Waals surface area contributed by atoms with Gasteiger partial charge < -0.3 is 19.4 Å². The molecule has 2 aromatic carbocycles. The summed E-state index contributed by atoms with van der Waals surface area (Å²) in [5.41, 5.74) is 1.22. The molecule has 0 unspecified atom stereocenters. The summed E-state index contributed by atoms with van der Waals surface area (Å²) in [6, 6.07) is 8.52. The van der Waals surface area contributed by atoms with Crippen molar-refractivity contribution in [2.45, 2.75) is 6.92 Å². The predicted molar refractivity (Wildman–Crippen MR) is 109 cm³/mol. The Labute approximate surface area is 181 Å². The summed E-state index contributed by atoms with van der Waals surface area (Å²) in [6.45, 7) is 1.11. The average molecular weight is 444 g/mol. The number of rotatable bonds is 6. The zero-order chi connectivity index (χ0) is 22.7. The molecule has 160 valence electrons. The van der Waals surface area contributed by atoms with Gasteiger partial charge in [0.15, 0.2) is 11.5 Å². The van der Waals surface area contributed by atoms with Crippen LogP contribution in [-0.4, -0.2) is 37.5 Å². The van der Waals surface area contributed by atoms with Gasteiger partial charge in [-0.3, -0.25) is 14.9 Å². The fraction of sp³-hybridized carbons (Fsp3) is 0.143. The lowest BCUT2D eigenvalue weighted by molar-refractivity contribution is -0.307. The van der Waals surface area contributed by atoms with Crippen molar-refractivity contribution < 1.29 is 33.8 Å². The number of benzene rings is 2. The van der Waals surface area contributed by atoms with Gasteiger partial charge in [-0.25, -0.2) is 9.69 Å². The number of methoxy groups -OCH3 is 1. The highest BCUT2D eigenvalue weighted by atomic mass is 35.5. The number of carboxylic acids is 1. The number of hydrogen-bond acceptors (Lipinski definition) is 7. The number of amides is 4. The highest BCUT2D eigenvalue weighted by molar-refractivity contribution is 6.39. The number of halogens is 1. The topological polar surface area (TPSA) is 125 Å². The molecule has 2 aromatic rings. The van der Waals surface area contributed by atoms with Gasteiger partial charge in [-0.15, -0.1) is 0 Å². The van der Waals surface area contributed by atoms with Crippen LogP contribution in [0.2, 0.25) is 5.02 Å². The monoisotopic (exact) mass is 443 g/mol. The molecule has 0 atom stereocenters. The number of ether oxygens (including phenoxy) is 2. The van der Waals surface area contributed by atoms with Crippen LogP contribution in [0.1, 0.15) is 11.1 Å². The number of imide groups is 2. The molecule has 0 saturated carbocycles. The molecule has 0 aromatic heterocycles. The molecule has 10 heteroatoms. The van der Waals surface area contributed by atoms with Crippen molar-refractivity contribution in [3.8, 4) is 11.5 Å². The molecule has 0 bridgehead atoms. The highest BCUT2D eigenvalue weighted by Crippen LogP contribution is 2.37. The molecule has 0 spiro atoms. The minimum absolute atomic E-state index is 0.0115. The first-order chi connectivity index (χ1) is 14.7. The zero-order valence-electron chi connectivity index (χ0n) is 16.4. The lowest BCUT2D eigenvalue weighted by atomic mass is 10.1. The van der Waals surface area contributed by atoms with Crippen molar-refractivity contribution in [1.82, 2.24) is 5.32 Å². The smallest absolute Gasteiger partial charge is 0.335 e. The van der Waals surface area contributed by atoms with Crippen molar-refractivity contribution in [2.24, 2.45) is 0 Å². The van der Waals surface area contributed by atoms with Gasteiger partial charge in [-0.05, 0) is 42.8 Å². The van der Waals surface area contributed by atoms with E-state index in [2.05, 4.69) is 5.32 Å². The molecule has 3 rings (SSSR count). The van der Waals surface area contributed by atoms with E-state index in [1.165, 1.54) is 25.3 Å².